The van der Waals surface area contributed by atoms with Crippen molar-refractivity contribution in [2.75, 3.05) is 26.9 Å². The Morgan fingerprint density at radius 3 is 3.04 bits per heavy atom. The molecular weight excluding hydrogens is 320 g/mol. The van der Waals surface area contributed by atoms with Crippen molar-refractivity contribution in [1.82, 2.24) is 19.7 Å². The van der Waals surface area contributed by atoms with Crippen LogP contribution in [0.4, 0.5) is 0 Å². The molecule has 0 aliphatic heterocycles. The fourth-order valence-corrected chi connectivity index (χ4v) is 2.38. The molecule has 2 heterocycles. The number of nitrogens with one attached hydrogen (secondary N) is 1. The minimum Gasteiger partial charge on any atom is -0.491 e. The summed E-state index contributed by atoms with van der Waals surface area (Å²) in [6, 6.07) is 8.94. The van der Waals surface area contributed by atoms with Crippen LogP contribution in [0.25, 0.3) is 5.78 Å². The number of ether oxygens (including phenoxy) is 2. The van der Waals surface area contributed by atoms with Crippen molar-refractivity contribution >= 4 is 11.7 Å². The third kappa shape index (κ3) is 4.54. The van der Waals surface area contributed by atoms with Crippen molar-refractivity contribution in [1.29, 1.82) is 0 Å². The van der Waals surface area contributed by atoms with E-state index in [0.29, 0.717) is 43.3 Å². The lowest BCUT2D eigenvalue weighted by Crippen LogP contribution is -2.25. The molecule has 0 aliphatic rings. The number of methoxy groups -OCH3 is 1. The largest absolute Gasteiger partial charge is 0.491 e. The van der Waals surface area contributed by atoms with E-state index in [1.54, 1.807) is 31.5 Å². The van der Waals surface area contributed by atoms with Crippen LogP contribution in [0, 0.1) is 0 Å². The first-order chi connectivity index (χ1) is 12.3. The van der Waals surface area contributed by atoms with Crippen LogP contribution >= 0.6 is 0 Å². The third-order valence-electron chi connectivity index (χ3n) is 3.60. The maximum absolute atomic E-state index is 12.3. The van der Waals surface area contributed by atoms with E-state index < -0.39 is 0 Å². The lowest BCUT2D eigenvalue weighted by molar-refractivity contribution is 0.0953. The lowest BCUT2D eigenvalue weighted by Gasteiger charge is -2.08. The van der Waals surface area contributed by atoms with Crippen LogP contribution < -0.4 is 10.1 Å². The second-order valence-corrected chi connectivity index (χ2v) is 5.43. The van der Waals surface area contributed by atoms with Gasteiger partial charge in [-0.05, 0) is 24.3 Å². The number of nitrogens with zero attached hydrogens (tertiary/aromatic N) is 3. The minimum atomic E-state index is -0.140. The Hall–Kier alpha value is -2.93. The molecule has 0 unspecified atom stereocenters. The molecule has 0 saturated carbocycles. The van der Waals surface area contributed by atoms with Gasteiger partial charge in [0.1, 0.15) is 12.4 Å². The molecular formula is C18H20N4O3. The molecule has 0 spiro atoms. The number of imidazole rings is 1. The van der Waals surface area contributed by atoms with Crippen molar-refractivity contribution in [2.24, 2.45) is 0 Å². The van der Waals surface area contributed by atoms with Crippen LogP contribution in [0.2, 0.25) is 0 Å². The highest BCUT2D eigenvalue weighted by Crippen LogP contribution is 2.13. The van der Waals surface area contributed by atoms with E-state index in [-0.39, 0.29) is 5.91 Å². The van der Waals surface area contributed by atoms with Crippen LogP contribution in [-0.2, 0) is 11.2 Å². The zero-order valence-corrected chi connectivity index (χ0v) is 14.0. The van der Waals surface area contributed by atoms with E-state index in [9.17, 15) is 4.79 Å². The zero-order valence-electron chi connectivity index (χ0n) is 14.0. The van der Waals surface area contributed by atoms with Gasteiger partial charge in [-0.2, -0.15) is 0 Å². The number of hydrogen-bond acceptors (Lipinski definition) is 5. The highest BCUT2D eigenvalue weighted by Gasteiger charge is 2.07. The molecule has 0 radical (unpaired) electrons. The second-order valence-electron chi connectivity index (χ2n) is 5.43. The van der Waals surface area contributed by atoms with Gasteiger partial charge in [-0.25, -0.2) is 9.97 Å². The molecule has 0 aliphatic carbocycles. The molecule has 0 fully saturated rings. The highest BCUT2D eigenvalue weighted by atomic mass is 16.5. The Balaban J connectivity index is 1.52. The van der Waals surface area contributed by atoms with E-state index in [1.165, 1.54) is 0 Å². The number of fused-ring (bicyclic) bond motifs is 1. The fourth-order valence-electron chi connectivity index (χ4n) is 2.38. The van der Waals surface area contributed by atoms with Gasteiger partial charge < -0.3 is 14.8 Å². The quantitative estimate of drug-likeness (QED) is 0.632. The summed E-state index contributed by atoms with van der Waals surface area (Å²) in [5, 5.41) is 2.90. The van der Waals surface area contributed by atoms with Crippen molar-refractivity contribution in [3.63, 3.8) is 0 Å². The SMILES string of the molecule is COCCOc1cccc(C(=O)NCCc2cn3cccnc3n2)c1. The topological polar surface area (TPSA) is 77.8 Å². The number of aromatic nitrogens is 3. The molecule has 1 amide bonds. The zero-order chi connectivity index (χ0) is 17.5. The number of hydrogen-bond donors (Lipinski definition) is 1. The molecule has 130 valence electrons. The molecule has 1 N–H and O–H groups in total. The molecule has 0 saturated heterocycles. The van der Waals surface area contributed by atoms with Crippen LogP contribution in [-0.4, -0.2) is 47.1 Å². The van der Waals surface area contributed by atoms with Crippen LogP contribution in [0.5, 0.6) is 5.75 Å². The number of carbonyl (C=O) groups is 1. The van der Waals surface area contributed by atoms with E-state index in [2.05, 4.69) is 15.3 Å². The molecule has 2 aromatic heterocycles. The van der Waals surface area contributed by atoms with E-state index >= 15 is 0 Å². The summed E-state index contributed by atoms with van der Waals surface area (Å²) < 4.78 is 12.3. The first-order valence-corrected chi connectivity index (χ1v) is 8.05. The second kappa shape index (κ2) is 8.25. The van der Waals surface area contributed by atoms with E-state index in [1.807, 2.05) is 28.9 Å². The average molecular weight is 340 g/mol. The fraction of sp³-hybridized carbons (Fsp3) is 0.278. The summed E-state index contributed by atoms with van der Waals surface area (Å²) in [4.78, 5) is 20.8. The summed E-state index contributed by atoms with van der Waals surface area (Å²) in [6.07, 6.45) is 6.15. The number of amides is 1. The smallest absolute Gasteiger partial charge is 0.251 e. The average Bonchev–Trinajstić information content (AvgIpc) is 3.05. The summed E-state index contributed by atoms with van der Waals surface area (Å²) in [5.41, 5.74) is 1.45. The van der Waals surface area contributed by atoms with Gasteiger partial charge in [0.25, 0.3) is 5.91 Å². The molecule has 0 bridgehead atoms. The van der Waals surface area contributed by atoms with Gasteiger partial charge in [0.05, 0.1) is 12.3 Å². The van der Waals surface area contributed by atoms with Gasteiger partial charge in [-0.3, -0.25) is 9.20 Å². The lowest BCUT2D eigenvalue weighted by atomic mass is 10.2. The number of rotatable bonds is 8. The Morgan fingerprint density at radius 1 is 1.28 bits per heavy atom. The Kier molecular flexibility index (Phi) is 5.58. The van der Waals surface area contributed by atoms with E-state index in [0.717, 1.165) is 5.69 Å². The van der Waals surface area contributed by atoms with Crippen molar-refractivity contribution in [3.05, 3.63) is 60.2 Å². The first kappa shape index (κ1) is 16.9. The molecule has 3 rings (SSSR count). The minimum absolute atomic E-state index is 0.140. The van der Waals surface area contributed by atoms with Crippen molar-refractivity contribution in [3.8, 4) is 5.75 Å². The predicted molar refractivity (Wildman–Crippen MR) is 92.8 cm³/mol. The standard InChI is InChI=1S/C18H20N4O3/c1-24-10-11-25-16-5-2-4-14(12-16)17(23)19-8-6-15-13-22-9-3-7-20-18(22)21-15/h2-5,7,9,12-13H,6,8,10-11H2,1H3,(H,19,23). The normalized spacial score (nSPS) is 10.8. The van der Waals surface area contributed by atoms with Gasteiger partial charge in [-0.15, -0.1) is 0 Å². The van der Waals surface area contributed by atoms with Gasteiger partial charge in [0.2, 0.25) is 5.78 Å². The number of benzene rings is 1. The summed E-state index contributed by atoms with van der Waals surface area (Å²) in [5.74, 6) is 1.17. The Labute approximate surface area is 145 Å². The van der Waals surface area contributed by atoms with Gasteiger partial charge >= 0.3 is 0 Å². The van der Waals surface area contributed by atoms with E-state index in [4.69, 9.17) is 9.47 Å². The predicted octanol–water partition coefficient (Wildman–Crippen LogP) is 1.73. The first-order valence-electron chi connectivity index (χ1n) is 8.05. The molecule has 0 atom stereocenters. The summed E-state index contributed by atoms with van der Waals surface area (Å²) in [7, 11) is 1.62. The van der Waals surface area contributed by atoms with Gasteiger partial charge in [-0.1, -0.05) is 6.07 Å². The van der Waals surface area contributed by atoms with Crippen LogP contribution in [0.1, 0.15) is 16.1 Å². The Morgan fingerprint density at radius 2 is 2.20 bits per heavy atom. The van der Waals surface area contributed by atoms with Crippen LogP contribution in [0.15, 0.2) is 48.9 Å². The van der Waals surface area contributed by atoms with Crippen LogP contribution in [0.3, 0.4) is 0 Å². The maximum Gasteiger partial charge on any atom is 0.251 e. The highest BCUT2D eigenvalue weighted by molar-refractivity contribution is 5.94. The monoisotopic (exact) mass is 340 g/mol. The summed E-state index contributed by atoms with van der Waals surface area (Å²) in [6.45, 7) is 1.45. The van der Waals surface area contributed by atoms with Gasteiger partial charge in [0, 0.05) is 44.2 Å². The Bertz CT molecular complexity index is 814. The molecule has 1 aromatic carbocycles. The van der Waals surface area contributed by atoms with Gasteiger partial charge in [0.15, 0.2) is 0 Å². The molecule has 7 heteroatoms. The van der Waals surface area contributed by atoms with Crippen molar-refractivity contribution in [2.45, 2.75) is 6.42 Å². The number of carbonyl (C=O) groups excluding carboxylic acids is 1. The summed E-state index contributed by atoms with van der Waals surface area (Å²) >= 11 is 0. The molecule has 7 nitrogen and oxygen atoms in total. The molecule has 25 heavy (non-hydrogen) atoms. The maximum atomic E-state index is 12.3. The molecule has 3 aromatic rings. The third-order valence-corrected chi connectivity index (χ3v) is 3.60. The van der Waals surface area contributed by atoms with Crippen molar-refractivity contribution < 1.29 is 14.3 Å².